The lowest BCUT2D eigenvalue weighted by Crippen LogP contribution is -2.10. The average molecular weight is 309 g/mol. The molecule has 0 atom stereocenters. The Hall–Kier alpha value is -1.46. The second kappa shape index (κ2) is 5.25. The van der Waals surface area contributed by atoms with Crippen molar-refractivity contribution in [2.24, 2.45) is 5.73 Å². The van der Waals surface area contributed by atoms with Crippen molar-refractivity contribution < 1.29 is 4.74 Å². The summed E-state index contributed by atoms with van der Waals surface area (Å²) in [5.41, 5.74) is 6.04. The normalized spacial score (nSPS) is 9.94. The zero-order chi connectivity index (χ0) is 12.3. The molecular formula is C12H9BrN2OS. The quantitative estimate of drug-likeness (QED) is 0.884. The Labute approximate surface area is 113 Å². The minimum atomic E-state index is 0.278. The molecule has 0 radical (unpaired) electrons. The summed E-state index contributed by atoms with van der Waals surface area (Å²) in [6, 6.07) is 11.1. The topological polar surface area (TPSA) is 48.1 Å². The molecule has 2 N–H and O–H groups in total. The molecular weight excluding hydrogens is 300 g/mol. The van der Waals surface area contributed by atoms with Crippen molar-refractivity contribution in [3.8, 4) is 11.5 Å². The highest BCUT2D eigenvalue weighted by atomic mass is 79.9. The summed E-state index contributed by atoms with van der Waals surface area (Å²) >= 11 is 8.18. The van der Waals surface area contributed by atoms with Crippen LogP contribution in [0.2, 0.25) is 0 Å². The van der Waals surface area contributed by atoms with Crippen LogP contribution in [0.1, 0.15) is 5.69 Å². The van der Waals surface area contributed by atoms with Crippen LogP contribution in [0.15, 0.2) is 47.1 Å². The van der Waals surface area contributed by atoms with Crippen LogP contribution in [0.4, 0.5) is 0 Å². The van der Waals surface area contributed by atoms with E-state index in [2.05, 4.69) is 20.9 Å². The van der Waals surface area contributed by atoms with Gasteiger partial charge in [-0.05, 0) is 36.4 Å². The van der Waals surface area contributed by atoms with Gasteiger partial charge in [-0.1, -0.05) is 28.1 Å². The first-order valence-corrected chi connectivity index (χ1v) is 6.04. The van der Waals surface area contributed by atoms with Gasteiger partial charge in [-0.25, -0.2) is 4.98 Å². The van der Waals surface area contributed by atoms with Crippen molar-refractivity contribution >= 4 is 33.1 Å². The molecule has 1 heterocycles. The van der Waals surface area contributed by atoms with E-state index in [9.17, 15) is 0 Å². The summed E-state index contributed by atoms with van der Waals surface area (Å²) in [7, 11) is 0. The second-order valence-electron chi connectivity index (χ2n) is 3.30. The number of rotatable bonds is 3. The third-order valence-electron chi connectivity index (χ3n) is 2.04. The van der Waals surface area contributed by atoms with Crippen molar-refractivity contribution in [2.75, 3.05) is 0 Å². The maximum atomic E-state index is 5.60. The monoisotopic (exact) mass is 308 g/mol. The average Bonchev–Trinajstić information content (AvgIpc) is 2.33. The van der Waals surface area contributed by atoms with E-state index in [4.69, 9.17) is 22.7 Å². The molecule has 86 valence electrons. The molecule has 5 heteroatoms. The Kier molecular flexibility index (Phi) is 3.71. The van der Waals surface area contributed by atoms with Crippen molar-refractivity contribution in [3.05, 3.63) is 52.8 Å². The van der Waals surface area contributed by atoms with Gasteiger partial charge in [-0.3, -0.25) is 0 Å². The van der Waals surface area contributed by atoms with E-state index >= 15 is 0 Å². The fourth-order valence-corrected chi connectivity index (χ4v) is 1.61. The van der Waals surface area contributed by atoms with Crippen LogP contribution in [0.3, 0.4) is 0 Å². The lowest BCUT2D eigenvalue weighted by molar-refractivity contribution is 0.480. The van der Waals surface area contributed by atoms with Crippen LogP contribution in [-0.4, -0.2) is 9.97 Å². The zero-order valence-corrected chi connectivity index (χ0v) is 11.2. The molecule has 0 fully saturated rings. The van der Waals surface area contributed by atoms with Gasteiger partial charge in [0.2, 0.25) is 0 Å². The van der Waals surface area contributed by atoms with Gasteiger partial charge in [0, 0.05) is 4.47 Å². The van der Waals surface area contributed by atoms with Crippen LogP contribution in [-0.2, 0) is 0 Å². The van der Waals surface area contributed by atoms with Crippen molar-refractivity contribution in [3.63, 3.8) is 0 Å². The molecule has 0 saturated carbocycles. The standard InChI is InChI=1S/C12H9BrN2OS/c13-8-1-3-9(4-2-8)16-10-5-6-11(12(14)17)15-7-10/h1-7H,(H2,14,17). The second-order valence-corrected chi connectivity index (χ2v) is 4.65. The van der Waals surface area contributed by atoms with Crippen LogP contribution in [0.25, 0.3) is 0 Å². The van der Waals surface area contributed by atoms with Gasteiger partial charge in [0.05, 0.1) is 11.9 Å². The molecule has 17 heavy (non-hydrogen) atoms. The Morgan fingerprint density at radius 1 is 1.12 bits per heavy atom. The number of hydrogen-bond acceptors (Lipinski definition) is 3. The highest BCUT2D eigenvalue weighted by Gasteiger charge is 2.00. The maximum absolute atomic E-state index is 5.60. The zero-order valence-electron chi connectivity index (χ0n) is 8.76. The molecule has 3 nitrogen and oxygen atoms in total. The summed E-state index contributed by atoms with van der Waals surface area (Å²) in [6.45, 7) is 0. The third kappa shape index (κ3) is 3.25. The van der Waals surface area contributed by atoms with E-state index in [1.165, 1.54) is 0 Å². The Morgan fingerprint density at radius 3 is 2.29 bits per heavy atom. The molecule has 0 amide bonds. The molecule has 2 rings (SSSR count). The molecule has 0 aliphatic heterocycles. The number of benzene rings is 1. The highest BCUT2D eigenvalue weighted by Crippen LogP contribution is 2.22. The summed E-state index contributed by atoms with van der Waals surface area (Å²) in [5.74, 6) is 1.39. The predicted molar refractivity (Wildman–Crippen MR) is 74.3 cm³/mol. The number of hydrogen-bond donors (Lipinski definition) is 1. The SMILES string of the molecule is NC(=S)c1ccc(Oc2ccc(Br)cc2)cn1. The number of nitrogens with zero attached hydrogens (tertiary/aromatic N) is 1. The molecule has 0 unspecified atom stereocenters. The molecule has 1 aromatic carbocycles. The minimum absolute atomic E-state index is 0.278. The lowest BCUT2D eigenvalue weighted by atomic mass is 10.3. The summed E-state index contributed by atoms with van der Waals surface area (Å²) in [6.07, 6.45) is 1.59. The van der Waals surface area contributed by atoms with Crippen molar-refractivity contribution in [1.82, 2.24) is 4.98 Å². The Morgan fingerprint density at radius 2 is 1.76 bits per heavy atom. The third-order valence-corrected chi connectivity index (χ3v) is 2.78. The summed E-state index contributed by atoms with van der Waals surface area (Å²) < 4.78 is 6.61. The highest BCUT2D eigenvalue weighted by molar-refractivity contribution is 9.10. The lowest BCUT2D eigenvalue weighted by Gasteiger charge is -2.05. The van der Waals surface area contributed by atoms with E-state index < -0.39 is 0 Å². The van der Waals surface area contributed by atoms with E-state index in [1.807, 2.05) is 24.3 Å². The van der Waals surface area contributed by atoms with Gasteiger partial charge in [0.1, 0.15) is 16.5 Å². The van der Waals surface area contributed by atoms with E-state index in [1.54, 1.807) is 18.3 Å². The number of ether oxygens (including phenoxy) is 1. The van der Waals surface area contributed by atoms with Gasteiger partial charge in [0.15, 0.2) is 0 Å². The van der Waals surface area contributed by atoms with Gasteiger partial charge >= 0.3 is 0 Å². The number of aromatic nitrogens is 1. The van der Waals surface area contributed by atoms with E-state index in [-0.39, 0.29) is 4.99 Å². The minimum Gasteiger partial charge on any atom is -0.456 e. The molecule has 0 spiro atoms. The van der Waals surface area contributed by atoms with E-state index in [0.29, 0.717) is 11.4 Å². The summed E-state index contributed by atoms with van der Waals surface area (Å²) in [4.78, 5) is 4.37. The number of nitrogens with two attached hydrogens (primary N) is 1. The van der Waals surface area contributed by atoms with Crippen LogP contribution < -0.4 is 10.5 Å². The Balaban J connectivity index is 2.13. The first kappa shape index (κ1) is 12.0. The molecule has 1 aromatic heterocycles. The molecule has 0 aliphatic rings. The molecule has 0 aliphatic carbocycles. The number of halogens is 1. The van der Waals surface area contributed by atoms with Crippen molar-refractivity contribution in [2.45, 2.75) is 0 Å². The van der Waals surface area contributed by atoms with E-state index in [0.717, 1.165) is 10.2 Å². The maximum Gasteiger partial charge on any atom is 0.145 e. The fourth-order valence-electron chi connectivity index (χ4n) is 1.23. The van der Waals surface area contributed by atoms with Gasteiger partial charge < -0.3 is 10.5 Å². The van der Waals surface area contributed by atoms with Gasteiger partial charge in [-0.15, -0.1) is 0 Å². The van der Waals surface area contributed by atoms with Crippen LogP contribution in [0.5, 0.6) is 11.5 Å². The Bertz CT molecular complexity index is 525. The van der Waals surface area contributed by atoms with Gasteiger partial charge in [-0.2, -0.15) is 0 Å². The van der Waals surface area contributed by atoms with Crippen molar-refractivity contribution in [1.29, 1.82) is 0 Å². The van der Waals surface area contributed by atoms with Gasteiger partial charge in [0.25, 0.3) is 0 Å². The predicted octanol–water partition coefficient (Wildman–Crippen LogP) is 3.27. The first-order chi connectivity index (χ1) is 8.15. The van der Waals surface area contributed by atoms with Crippen LogP contribution >= 0.6 is 28.1 Å². The molecule has 2 aromatic rings. The molecule has 0 saturated heterocycles. The number of thiocarbonyl (C=S) groups is 1. The largest absolute Gasteiger partial charge is 0.456 e. The smallest absolute Gasteiger partial charge is 0.145 e. The van der Waals surface area contributed by atoms with Crippen LogP contribution in [0, 0.1) is 0 Å². The summed E-state index contributed by atoms with van der Waals surface area (Å²) in [5, 5.41) is 0. The first-order valence-electron chi connectivity index (χ1n) is 4.84. The fraction of sp³-hybridized carbons (Fsp3) is 0. The number of pyridine rings is 1. The molecule has 0 bridgehead atoms.